The molecule has 2 aromatic carbocycles. The van der Waals surface area contributed by atoms with Crippen molar-refractivity contribution in [2.24, 2.45) is 0 Å². The fourth-order valence-electron chi connectivity index (χ4n) is 2.02. The van der Waals surface area contributed by atoms with Crippen molar-refractivity contribution in [2.75, 3.05) is 7.11 Å². The lowest BCUT2D eigenvalue weighted by molar-refractivity contribution is -0.145. The Bertz CT molecular complexity index is 583. The van der Waals surface area contributed by atoms with E-state index in [9.17, 15) is 4.79 Å². The van der Waals surface area contributed by atoms with Crippen molar-refractivity contribution in [1.29, 1.82) is 0 Å². The van der Waals surface area contributed by atoms with Crippen LogP contribution in [0.2, 0.25) is 0 Å². The molecule has 0 saturated heterocycles. The number of carbonyl (C=O) groups excluding carboxylic acids is 1. The van der Waals surface area contributed by atoms with E-state index < -0.39 is 12.0 Å². The Kier molecular flexibility index (Phi) is 5.94. The first-order valence-electron chi connectivity index (χ1n) is 6.96. The van der Waals surface area contributed by atoms with Crippen LogP contribution in [0.15, 0.2) is 54.6 Å². The molecule has 116 valence electrons. The third-order valence-corrected chi connectivity index (χ3v) is 3.25. The monoisotopic (exact) mass is 301 g/mol. The van der Waals surface area contributed by atoms with Gasteiger partial charge in [0.05, 0.1) is 7.11 Å². The van der Waals surface area contributed by atoms with E-state index >= 15 is 0 Å². The fraction of sp³-hybridized carbons (Fsp3) is 0.235. The smallest absolute Gasteiger partial charge is 0.325 e. The molecule has 0 aliphatic carbocycles. The molecule has 0 aliphatic rings. The summed E-state index contributed by atoms with van der Waals surface area (Å²) < 4.78 is 10.3. The topological polar surface area (TPSA) is 67.8 Å². The molecule has 0 aromatic heterocycles. The van der Waals surface area contributed by atoms with Gasteiger partial charge in [-0.15, -0.1) is 0 Å². The molecule has 0 fully saturated rings. The molecule has 22 heavy (non-hydrogen) atoms. The van der Waals surface area contributed by atoms with Crippen molar-refractivity contribution in [1.82, 2.24) is 5.48 Å². The second-order valence-corrected chi connectivity index (χ2v) is 4.83. The zero-order valence-corrected chi connectivity index (χ0v) is 12.4. The molecular formula is C17H19NO4. The van der Waals surface area contributed by atoms with Crippen LogP contribution in [0.5, 0.6) is 5.75 Å². The standard InChI is InChI=1S/C17H19NO4/c1-21-17(19)16(18-20)11-13-7-9-15(10-8-13)22-12-14-5-3-2-4-6-14/h2-10,16,18,20H,11-12H2,1H3/t16-/m0/s1. The lowest BCUT2D eigenvalue weighted by Gasteiger charge is -2.13. The Hall–Kier alpha value is -2.37. The maximum Gasteiger partial charge on any atom is 0.325 e. The minimum atomic E-state index is -0.777. The van der Waals surface area contributed by atoms with Gasteiger partial charge in [-0.05, 0) is 23.3 Å². The Morgan fingerprint density at radius 3 is 2.36 bits per heavy atom. The zero-order valence-electron chi connectivity index (χ0n) is 12.4. The van der Waals surface area contributed by atoms with Gasteiger partial charge in [0.25, 0.3) is 0 Å². The molecule has 1 atom stereocenters. The van der Waals surface area contributed by atoms with Gasteiger partial charge in [-0.25, -0.2) is 0 Å². The predicted molar refractivity (Wildman–Crippen MR) is 81.6 cm³/mol. The number of carbonyl (C=O) groups is 1. The van der Waals surface area contributed by atoms with Crippen molar-refractivity contribution >= 4 is 5.97 Å². The first kappa shape index (κ1) is 16.0. The molecule has 0 amide bonds. The fourth-order valence-corrected chi connectivity index (χ4v) is 2.02. The first-order valence-corrected chi connectivity index (χ1v) is 6.96. The third kappa shape index (κ3) is 4.58. The molecular weight excluding hydrogens is 282 g/mol. The zero-order chi connectivity index (χ0) is 15.8. The van der Waals surface area contributed by atoms with Gasteiger partial charge in [0.1, 0.15) is 18.4 Å². The second-order valence-electron chi connectivity index (χ2n) is 4.83. The highest BCUT2D eigenvalue weighted by Gasteiger charge is 2.18. The van der Waals surface area contributed by atoms with Crippen molar-refractivity contribution in [3.8, 4) is 5.75 Å². The molecule has 0 aliphatic heterocycles. The Morgan fingerprint density at radius 1 is 1.09 bits per heavy atom. The highest BCUT2D eigenvalue weighted by Crippen LogP contribution is 2.15. The Labute approximate surface area is 129 Å². The minimum absolute atomic E-state index is 0.335. The number of rotatable bonds is 7. The first-order chi connectivity index (χ1) is 10.7. The average molecular weight is 301 g/mol. The second kappa shape index (κ2) is 8.17. The predicted octanol–water partition coefficient (Wildman–Crippen LogP) is 2.33. The highest BCUT2D eigenvalue weighted by atomic mass is 16.5. The van der Waals surface area contributed by atoms with Crippen molar-refractivity contribution in [3.63, 3.8) is 0 Å². The van der Waals surface area contributed by atoms with Gasteiger partial charge >= 0.3 is 5.97 Å². The van der Waals surface area contributed by atoms with E-state index in [-0.39, 0.29) is 0 Å². The molecule has 0 spiro atoms. The summed E-state index contributed by atoms with van der Waals surface area (Å²) >= 11 is 0. The van der Waals surface area contributed by atoms with Crippen LogP contribution in [0.3, 0.4) is 0 Å². The van der Waals surface area contributed by atoms with Gasteiger partial charge in [0.2, 0.25) is 0 Å². The molecule has 2 N–H and O–H groups in total. The van der Waals surface area contributed by atoms with Crippen LogP contribution < -0.4 is 10.2 Å². The van der Waals surface area contributed by atoms with Gasteiger partial charge in [0.15, 0.2) is 0 Å². The number of nitrogens with one attached hydrogen (secondary N) is 1. The largest absolute Gasteiger partial charge is 0.489 e. The summed E-state index contributed by atoms with van der Waals surface area (Å²) in [6.07, 6.45) is 0.335. The van der Waals surface area contributed by atoms with Gasteiger partial charge in [-0.1, -0.05) is 42.5 Å². The number of hydrogen-bond acceptors (Lipinski definition) is 5. The molecule has 5 heteroatoms. The van der Waals surface area contributed by atoms with E-state index in [0.29, 0.717) is 13.0 Å². The van der Waals surface area contributed by atoms with Crippen LogP contribution in [-0.2, 0) is 22.6 Å². The van der Waals surface area contributed by atoms with Crippen LogP contribution in [0, 0.1) is 0 Å². The van der Waals surface area contributed by atoms with Crippen LogP contribution >= 0.6 is 0 Å². The third-order valence-electron chi connectivity index (χ3n) is 3.25. The Balaban J connectivity index is 1.91. The SMILES string of the molecule is COC(=O)[C@H](Cc1ccc(OCc2ccccc2)cc1)NO. The van der Waals surface area contributed by atoms with E-state index in [1.54, 1.807) is 0 Å². The number of ether oxygens (including phenoxy) is 2. The molecule has 0 heterocycles. The lowest BCUT2D eigenvalue weighted by atomic mass is 10.1. The maximum absolute atomic E-state index is 11.4. The summed E-state index contributed by atoms with van der Waals surface area (Å²) in [7, 11) is 1.28. The van der Waals surface area contributed by atoms with E-state index in [1.165, 1.54) is 7.11 Å². The summed E-state index contributed by atoms with van der Waals surface area (Å²) in [4.78, 5) is 11.4. The number of hydrogen-bond donors (Lipinski definition) is 2. The quantitative estimate of drug-likeness (QED) is 0.607. The van der Waals surface area contributed by atoms with E-state index in [2.05, 4.69) is 4.74 Å². The van der Waals surface area contributed by atoms with Crippen molar-refractivity contribution in [2.45, 2.75) is 19.1 Å². The number of benzene rings is 2. The van der Waals surface area contributed by atoms with Crippen molar-refractivity contribution < 1.29 is 19.5 Å². The van der Waals surface area contributed by atoms with Gasteiger partial charge < -0.3 is 14.7 Å². The van der Waals surface area contributed by atoms with Gasteiger partial charge in [-0.3, -0.25) is 4.79 Å². The van der Waals surface area contributed by atoms with E-state index in [4.69, 9.17) is 9.94 Å². The minimum Gasteiger partial charge on any atom is -0.489 e. The molecule has 5 nitrogen and oxygen atoms in total. The van der Waals surface area contributed by atoms with Crippen LogP contribution in [0.1, 0.15) is 11.1 Å². The average Bonchev–Trinajstić information content (AvgIpc) is 2.59. The summed E-state index contributed by atoms with van der Waals surface area (Å²) in [6, 6.07) is 16.5. The molecule has 2 rings (SSSR count). The number of methoxy groups -OCH3 is 1. The molecule has 0 unspecified atom stereocenters. The summed E-state index contributed by atoms with van der Waals surface area (Å²) in [6.45, 7) is 0.503. The van der Waals surface area contributed by atoms with Gasteiger partial charge in [-0.2, -0.15) is 5.48 Å². The summed E-state index contributed by atoms with van der Waals surface area (Å²) in [5, 5.41) is 8.98. The maximum atomic E-state index is 11.4. The number of esters is 1. The van der Waals surface area contributed by atoms with Crippen LogP contribution in [0.25, 0.3) is 0 Å². The van der Waals surface area contributed by atoms with Crippen LogP contribution in [-0.4, -0.2) is 24.3 Å². The Morgan fingerprint density at radius 2 is 1.77 bits per heavy atom. The lowest BCUT2D eigenvalue weighted by Crippen LogP contribution is -2.37. The number of hydroxylamine groups is 1. The summed E-state index contributed by atoms with van der Waals surface area (Å²) in [5.74, 6) is 0.242. The van der Waals surface area contributed by atoms with Crippen LogP contribution in [0.4, 0.5) is 0 Å². The normalized spacial score (nSPS) is 11.7. The molecule has 0 bridgehead atoms. The van der Waals surface area contributed by atoms with Gasteiger partial charge in [0, 0.05) is 6.42 Å². The van der Waals surface area contributed by atoms with E-state index in [1.807, 2.05) is 60.1 Å². The summed E-state index contributed by atoms with van der Waals surface area (Å²) in [5.41, 5.74) is 3.95. The van der Waals surface area contributed by atoms with Crippen molar-refractivity contribution in [3.05, 3.63) is 65.7 Å². The molecule has 2 aromatic rings. The molecule has 0 saturated carbocycles. The van der Waals surface area contributed by atoms with E-state index in [0.717, 1.165) is 16.9 Å². The molecule has 0 radical (unpaired) electrons. The highest BCUT2D eigenvalue weighted by molar-refractivity contribution is 5.75.